The van der Waals surface area contributed by atoms with Crippen LogP contribution in [0.1, 0.15) is 10.5 Å². The number of hydrogen-bond acceptors (Lipinski definition) is 7. The van der Waals surface area contributed by atoms with Crippen molar-refractivity contribution in [1.82, 2.24) is 24.6 Å². The lowest BCUT2D eigenvalue weighted by Gasteiger charge is -2.25. The second kappa shape index (κ2) is 7.22. The van der Waals surface area contributed by atoms with Crippen molar-refractivity contribution < 1.29 is 14.3 Å². The molecule has 3 aromatic rings. The lowest BCUT2D eigenvalue weighted by Crippen LogP contribution is -2.40. The predicted molar refractivity (Wildman–Crippen MR) is 95.7 cm³/mol. The van der Waals surface area contributed by atoms with Crippen LogP contribution in [0.4, 0.5) is 0 Å². The number of morpholine rings is 1. The van der Waals surface area contributed by atoms with Gasteiger partial charge in [-0.3, -0.25) is 4.79 Å². The Morgan fingerprint density at radius 1 is 1.27 bits per heavy atom. The summed E-state index contributed by atoms with van der Waals surface area (Å²) in [4.78, 5) is 23.2. The summed E-state index contributed by atoms with van der Waals surface area (Å²) in [6.45, 7) is 2.24. The second-order valence-electron chi connectivity index (χ2n) is 5.66. The van der Waals surface area contributed by atoms with Crippen LogP contribution in [0.3, 0.4) is 0 Å². The van der Waals surface area contributed by atoms with Gasteiger partial charge in [0.1, 0.15) is 0 Å². The molecule has 0 radical (unpaired) electrons. The fraction of sp³-hybridized carbons (Fsp3) is 0.294. The SMILES string of the molecule is COc1ccc(-n2nc(C(=O)N3CCOCC3)cc2-c2cscn2)cn1. The second-order valence-corrected chi connectivity index (χ2v) is 6.38. The van der Waals surface area contributed by atoms with Gasteiger partial charge in [-0.2, -0.15) is 5.10 Å². The first-order chi connectivity index (χ1) is 12.8. The number of aromatic nitrogens is 4. The molecule has 8 nitrogen and oxygen atoms in total. The summed E-state index contributed by atoms with van der Waals surface area (Å²) in [5, 5.41) is 6.46. The highest BCUT2D eigenvalue weighted by Crippen LogP contribution is 2.25. The van der Waals surface area contributed by atoms with E-state index in [-0.39, 0.29) is 5.91 Å². The quantitative estimate of drug-likeness (QED) is 0.696. The first-order valence-corrected chi connectivity index (χ1v) is 9.06. The van der Waals surface area contributed by atoms with Crippen molar-refractivity contribution >= 4 is 17.2 Å². The van der Waals surface area contributed by atoms with E-state index < -0.39 is 0 Å². The molecule has 4 heterocycles. The van der Waals surface area contributed by atoms with E-state index in [2.05, 4.69) is 15.1 Å². The molecule has 0 aromatic carbocycles. The first kappa shape index (κ1) is 16.7. The summed E-state index contributed by atoms with van der Waals surface area (Å²) in [5.41, 5.74) is 4.37. The number of carbonyl (C=O) groups is 1. The van der Waals surface area contributed by atoms with Crippen LogP contribution in [0, 0.1) is 0 Å². The summed E-state index contributed by atoms with van der Waals surface area (Å²) in [6.07, 6.45) is 1.66. The topological polar surface area (TPSA) is 82.4 Å². The van der Waals surface area contributed by atoms with Crippen LogP contribution in [0.2, 0.25) is 0 Å². The highest BCUT2D eigenvalue weighted by molar-refractivity contribution is 7.07. The molecule has 0 unspecified atom stereocenters. The molecule has 0 N–H and O–H groups in total. The van der Waals surface area contributed by atoms with Crippen LogP contribution in [-0.2, 0) is 4.74 Å². The van der Waals surface area contributed by atoms with E-state index in [1.165, 1.54) is 11.3 Å². The van der Waals surface area contributed by atoms with Gasteiger partial charge in [0, 0.05) is 24.5 Å². The highest BCUT2D eigenvalue weighted by atomic mass is 32.1. The van der Waals surface area contributed by atoms with E-state index in [1.807, 2.05) is 11.4 Å². The average molecular weight is 371 g/mol. The van der Waals surface area contributed by atoms with Crippen LogP contribution in [0.5, 0.6) is 5.88 Å². The van der Waals surface area contributed by atoms with Gasteiger partial charge in [-0.05, 0) is 12.1 Å². The Kier molecular flexibility index (Phi) is 4.63. The molecule has 1 amide bonds. The summed E-state index contributed by atoms with van der Waals surface area (Å²) >= 11 is 1.49. The van der Waals surface area contributed by atoms with Crippen molar-refractivity contribution in [3.63, 3.8) is 0 Å². The fourth-order valence-corrected chi connectivity index (χ4v) is 3.30. The Morgan fingerprint density at radius 3 is 2.77 bits per heavy atom. The Labute approximate surface area is 154 Å². The summed E-state index contributed by atoms with van der Waals surface area (Å²) in [6, 6.07) is 5.38. The van der Waals surface area contributed by atoms with Gasteiger partial charge in [0.2, 0.25) is 5.88 Å². The van der Waals surface area contributed by atoms with Crippen molar-refractivity contribution in [2.24, 2.45) is 0 Å². The van der Waals surface area contributed by atoms with Crippen LogP contribution in [0.25, 0.3) is 17.1 Å². The van der Waals surface area contributed by atoms with E-state index in [9.17, 15) is 4.79 Å². The maximum Gasteiger partial charge on any atom is 0.274 e. The van der Waals surface area contributed by atoms with E-state index in [0.29, 0.717) is 37.9 Å². The molecule has 134 valence electrons. The van der Waals surface area contributed by atoms with Crippen LogP contribution >= 0.6 is 11.3 Å². The number of thiazole rings is 1. The molecule has 1 fully saturated rings. The van der Waals surface area contributed by atoms with Crippen molar-refractivity contribution in [2.45, 2.75) is 0 Å². The number of nitrogens with zero attached hydrogens (tertiary/aromatic N) is 5. The Morgan fingerprint density at radius 2 is 2.12 bits per heavy atom. The van der Waals surface area contributed by atoms with E-state index >= 15 is 0 Å². The van der Waals surface area contributed by atoms with Gasteiger partial charge >= 0.3 is 0 Å². The number of rotatable bonds is 4. The molecule has 3 aromatic heterocycles. The average Bonchev–Trinajstić information content (AvgIpc) is 3.38. The van der Waals surface area contributed by atoms with E-state index in [1.54, 1.807) is 40.5 Å². The molecule has 1 saturated heterocycles. The number of methoxy groups -OCH3 is 1. The molecule has 1 aliphatic rings. The summed E-state index contributed by atoms with van der Waals surface area (Å²) < 4.78 is 12.1. The number of hydrogen-bond donors (Lipinski definition) is 0. The van der Waals surface area contributed by atoms with Crippen LogP contribution in [-0.4, -0.2) is 64.0 Å². The minimum atomic E-state index is -0.106. The number of carbonyl (C=O) groups excluding carboxylic acids is 1. The molecule has 0 bridgehead atoms. The van der Waals surface area contributed by atoms with Gasteiger partial charge in [-0.25, -0.2) is 14.6 Å². The zero-order valence-electron chi connectivity index (χ0n) is 14.2. The molecule has 0 atom stereocenters. The molecule has 0 saturated carbocycles. The molecule has 26 heavy (non-hydrogen) atoms. The fourth-order valence-electron chi connectivity index (χ4n) is 2.75. The van der Waals surface area contributed by atoms with Gasteiger partial charge in [0.25, 0.3) is 5.91 Å². The molecular formula is C17H17N5O3S. The number of pyridine rings is 1. The third kappa shape index (κ3) is 3.18. The van der Waals surface area contributed by atoms with Gasteiger partial charge in [-0.1, -0.05) is 0 Å². The van der Waals surface area contributed by atoms with Gasteiger partial charge in [0.15, 0.2) is 5.69 Å². The van der Waals surface area contributed by atoms with E-state index in [4.69, 9.17) is 9.47 Å². The van der Waals surface area contributed by atoms with Gasteiger partial charge in [-0.15, -0.1) is 11.3 Å². The smallest absolute Gasteiger partial charge is 0.274 e. The number of amides is 1. The standard InChI is InChI=1S/C17H17N5O3S/c1-24-16-3-2-12(9-18-16)22-15(14-10-26-11-19-14)8-13(20-22)17(23)21-4-6-25-7-5-21/h2-3,8-11H,4-7H2,1H3. The lowest BCUT2D eigenvalue weighted by molar-refractivity contribution is 0.0298. The molecule has 0 aliphatic carbocycles. The molecule has 1 aliphatic heterocycles. The predicted octanol–water partition coefficient (Wildman–Crippen LogP) is 1.87. The van der Waals surface area contributed by atoms with Crippen LogP contribution < -0.4 is 4.74 Å². The van der Waals surface area contributed by atoms with Gasteiger partial charge < -0.3 is 14.4 Å². The molecular weight excluding hydrogens is 354 g/mol. The van der Waals surface area contributed by atoms with Crippen LogP contribution in [0.15, 0.2) is 35.3 Å². The van der Waals surface area contributed by atoms with Crippen molar-refractivity contribution in [1.29, 1.82) is 0 Å². The largest absolute Gasteiger partial charge is 0.481 e. The minimum absolute atomic E-state index is 0.106. The van der Waals surface area contributed by atoms with Crippen molar-refractivity contribution in [3.05, 3.63) is 41.0 Å². The minimum Gasteiger partial charge on any atom is -0.481 e. The maximum atomic E-state index is 12.8. The Bertz CT molecular complexity index is 886. The lowest BCUT2D eigenvalue weighted by atomic mass is 10.2. The van der Waals surface area contributed by atoms with Gasteiger partial charge in [0.05, 0.1) is 49.1 Å². The summed E-state index contributed by atoms with van der Waals surface area (Å²) in [5.74, 6) is 0.408. The maximum absolute atomic E-state index is 12.8. The Balaban J connectivity index is 1.74. The number of ether oxygens (including phenoxy) is 2. The highest BCUT2D eigenvalue weighted by Gasteiger charge is 2.24. The van der Waals surface area contributed by atoms with E-state index in [0.717, 1.165) is 17.1 Å². The van der Waals surface area contributed by atoms with Crippen molar-refractivity contribution in [2.75, 3.05) is 33.4 Å². The third-order valence-corrected chi connectivity index (χ3v) is 4.68. The third-order valence-electron chi connectivity index (χ3n) is 4.10. The van der Waals surface area contributed by atoms with Crippen molar-refractivity contribution in [3.8, 4) is 23.0 Å². The zero-order chi connectivity index (χ0) is 17.9. The zero-order valence-corrected chi connectivity index (χ0v) is 15.0. The molecule has 9 heteroatoms. The molecule has 4 rings (SSSR count). The normalized spacial score (nSPS) is 14.4. The Hall–Kier alpha value is -2.78. The monoisotopic (exact) mass is 371 g/mol. The molecule has 0 spiro atoms. The first-order valence-electron chi connectivity index (χ1n) is 8.12. The summed E-state index contributed by atoms with van der Waals surface area (Å²) in [7, 11) is 1.57.